The largest absolute Gasteiger partial charge is 0.469 e. The molecular formula is C13H24N2O3. The molecule has 1 aliphatic rings. The average molecular weight is 256 g/mol. The number of likely N-dealkylation sites (tertiary alicyclic amines) is 1. The second kappa shape index (κ2) is 8.08. The minimum Gasteiger partial charge on any atom is -0.469 e. The molecule has 0 saturated carbocycles. The normalized spacial score (nSPS) is 19.3. The Morgan fingerprint density at radius 2 is 2.00 bits per heavy atom. The van der Waals surface area contributed by atoms with Gasteiger partial charge in [0.1, 0.15) is 0 Å². The van der Waals surface area contributed by atoms with E-state index < -0.39 is 0 Å². The first-order valence-electron chi connectivity index (χ1n) is 6.74. The number of esters is 1. The quantitative estimate of drug-likeness (QED) is 0.517. The highest BCUT2D eigenvalue weighted by Gasteiger charge is 2.34. The molecule has 0 aliphatic carbocycles. The van der Waals surface area contributed by atoms with Gasteiger partial charge in [-0.3, -0.25) is 9.59 Å². The van der Waals surface area contributed by atoms with Crippen LogP contribution in [-0.2, 0) is 14.3 Å². The molecular weight excluding hydrogens is 232 g/mol. The van der Waals surface area contributed by atoms with Crippen LogP contribution in [0.5, 0.6) is 0 Å². The molecule has 5 heteroatoms. The van der Waals surface area contributed by atoms with Gasteiger partial charge in [0, 0.05) is 19.5 Å². The summed E-state index contributed by atoms with van der Waals surface area (Å²) in [4.78, 5) is 24.8. The maximum Gasteiger partial charge on any atom is 0.310 e. The summed E-state index contributed by atoms with van der Waals surface area (Å²) in [7, 11) is 1.37. The molecule has 5 nitrogen and oxygen atoms in total. The van der Waals surface area contributed by atoms with E-state index in [1.165, 1.54) is 13.5 Å². The topological polar surface area (TPSA) is 72.6 Å². The van der Waals surface area contributed by atoms with E-state index in [1.54, 1.807) is 4.90 Å². The van der Waals surface area contributed by atoms with Gasteiger partial charge in [0.25, 0.3) is 0 Å². The molecule has 1 atom stereocenters. The van der Waals surface area contributed by atoms with Crippen LogP contribution in [0.15, 0.2) is 0 Å². The van der Waals surface area contributed by atoms with Gasteiger partial charge in [-0.1, -0.05) is 19.3 Å². The molecule has 104 valence electrons. The smallest absolute Gasteiger partial charge is 0.310 e. The molecule has 1 unspecified atom stereocenters. The lowest BCUT2D eigenvalue weighted by Crippen LogP contribution is -2.27. The summed E-state index contributed by atoms with van der Waals surface area (Å²) in [5.41, 5.74) is 5.42. The van der Waals surface area contributed by atoms with Crippen LogP contribution in [0.4, 0.5) is 0 Å². The molecule has 0 bridgehead atoms. The van der Waals surface area contributed by atoms with Crippen LogP contribution in [0.3, 0.4) is 0 Å². The summed E-state index contributed by atoms with van der Waals surface area (Å²) in [6.07, 6.45) is 5.83. The molecule has 2 N–H and O–H groups in total. The number of unbranched alkanes of at least 4 members (excludes halogenated alkanes) is 4. The van der Waals surface area contributed by atoms with Crippen molar-refractivity contribution in [2.75, 3.05) is 26.7 Å². The number of nitrogens with two attached hydrogens (primary N) is 1. The minimum atomic E-state index is -0.270. The predicted molar refractivity (Wildman–Crippen MR) is 68.8 cm³/mol. The van der Waals surface area contributed by atoms with Crippen LogP contribution in [0.25, 0.3) is 0 Å². The van der Waals surface area contributed by atoms with E-state index in [0.717, 1.165) is 38.8 Å². The van der Waals surface area contributed by atoms with Gasteiger partial charge in [-0.15, -0.1) is 0 Å². The van der Waals surface area contributed by atoms with Crippen molar-refractivity contribution < 1.29 is 14.3 Å². The summed E-state index contributed by atoms with van der Waals surface area (Å²) in [6, 6.07) is 0. The lowest BCUT2D eigenvalue weighted by atomic mass is 10.1. The van der Waals surface area contributed by atoms with Crippen molar-refractivity contribution in [2.24, 2.45) is 11.7 Å². The number of ether oxygens (including phenoxy) is 1. The third-order valence-corrected chi connectivity index (χ3v) is 3.38. The van der Waals surface area contributed by atoms with Crippen LogP contribution >= 0.6 is 0 Å². The highest BCUT2D eigenvalue weighted by Crippen LogP contribution is 2.19. The van der Waals surface area contributed by atoms with E-state index in [-0.39, 0.29) is 17.8 Å². The molecule has 0 radical (unpaired) electrons. The van der Waals surface area contributed by atoms with E-state index in [4.69, 9.17) is 5.73 Å². The second-order valence-corrected chi connectivity index (χ2v) is 4.82. The standard InChI is InChI=1S/C13H24N2O3/c1-18-13(17)11-9-12(16)15(10-11)8-6-4-2-3-5-7-14/h11H,2-10,14H2,1H3. The number of rotatable bonds is 8. The SMILES string of the molecule is COC(=O)C1CC(=O)N(CCCCCCCN)C1. The fraction of sp³-hybridized carbons (Fsp3) is 0.846. The Bertz CT molecular complexity index is 281. The summed E-state index contributed by atoms with van der Waals surface area (Å²) < 4.78 is 4.67. The van der Waals surface area contributed by atoms with Crippen LogP contribution in [-0.4, -0.2) is 43.5 Å². The number of methoxy groups -OCH3 is 1. The fourth-order valence-corrected chi connectivity index (χ4v) is 2.29. The van der Waals surface area contributed by atoms with E-state index in [2.05, 4.69) is 4.74 Å². The van der Waals surface area contributed by atoms with Gasteiger partial charge >= 0.3 is 5.97 Å². The lowest BCUT2D eigenvalue weighted by Gasteiger charge is -2.15. The molecule has 1 amide bonds. The molecule has 0 aromatic carbocycles. The molecule has 1 heterocycles. The first-order chi connectivity index (χ1) is 8.69. The van der Waals surface area contributed by atoms with Crippen molar-refractivity contribution in [1.82, 2.24) is 4.90 Å². The monoisotopic (exact) mass is 256 g/mol. The van der Waals surface area contributed by atoms with Gasteiger partial charge < -0.3 is 15.4 Å². The molecule has 0 aromatic heterocycles. The highest BCUT2D eigenvalue weighted by molar-refractivity contribution is 5.86. The molecule has 18 heavy (non-hydrogen) atoms. The van der Waals surface area contributed by atoms with Crippen molar-refractivity contribution in [3.63, 3.8) is 0 Å². The van der Waals surface area contributed by atoms with E-state index >= 15 is 0 Å². The van der Waals surface area contributed by atoms with Gasteiger partial charge in [-0.2, -0.15) is 0 Å². The number of nitrogens with zero attached hydrogens (tertiary/aromatic N) is 1. The Labute approximate surface area is 109 Å². The van der Waals surface area contributed by atoms with E-state index in [9.17, 15) is 9.59 Å². The van der Waals surface area contributed by atoms with Crippen molar-refractivity contribution >= 4 is 11.9 Å². The second-order valence-electron chi connectivity index (χ2n) is 4.82. The maximum atomic E-state index is 11.7. The zero-order valence-electron chi connectivity index (χ0n) is 11.2. The van der Waals surface area contributed by atoms with Gasteiger partial charge in [-0.25, -0.2) is 0 Å². The Morgan fingerprint density at radius 3 is 2.67 bits per heavy atom. The summed E-state index contributed by atoms with van der Waals surface area (Å²) in [5.74, 6) is -0.458. The van der Waals surface area contributed by atoms with Gasteiger partial charge in [-0.05, 0) is 19.4 Å². The third kappa shape index (κ3) is 4.64. The number of carbonyl (C=O) groups is 2. The number of hydrogen-bond donors (Lipinski definition) is 1. The van der Waals surface area contributed by atoms with Gasteiger partial charge in [0.2, 0.25) is 5.91 Å². The molecule has 1 fully saturated rings. The fourth-order valence-electron chi connectivity index (χ4n) is 2.29. The van der Waals surface area contributed by atoms with Crippen molar-refractivity contribution in [2.45, 2.75) is 38.5 Å². The Balaban J connectivity index is 2.15. The number of amides is 1. The van der Waals surface area contributed by atoms with Gasteiger partial charge in [0.05, 0.1) is 13.0 Å². The van der Waals surface area contributed by atoms with E-state index in [1.807, 2.05) is 0 Å². The van der Waals surface area contributed by atoms with E-state index in [0.29, 0.717) is 13.0 Å². The van der Waals surface area contributed by atoms with Crippen LogP contribution in [0.1, 0.15) is 38.5 Å². The first kappa shape index (κ1) is 15.0. The Hall–Kier alpha value is -1.10. The lowest BCUT2D eigenvalue weighted by molar-refractivity contribution is -0.145. The van der Waals surface area contributed by atoms with Gasteiger partial charge in [0.15, 0.2) is 0 Å². The number of carbonyl (C=O) groups excluding carboxylic acids is 2. The Morgan fingerprint density at radius 1 is 1.33 bits per heavy atom. The highest BCUT2D eigenvalue weighted by atomic mass is 16.5. The Kier molecular flexibility index (Phi) is 6.72. The van der Waals surface area contributed by atoms with Crippen LogP contribution in [0.2, 0.25) is 0 Å². The van der Waals surface area contributed by atoms with Crippen LogP contribution in [0, 0.1) is 5.92 Å². The predicted octanol–water partition coefficient (Wildman–Crippen LogP) is 0.917. The molecule has 0 aromatic rings. The average Bonchev–Trinajstić information content (AvgIpc) is 2.74. The van der Waals surface area contributed by atoms with Crippen molar-refractivity contribution in [3.05, 3.63) is 0 Å². The van der Waals surface area contributed by atoms with Crippen molar-refractivity contribution in [3.8, 4) is 0 Å². The summed E-state index contributed by atoms with van der Waals surface area (Å²) in [5, 5.41) is 0. The zero-order chi connectivity index (χ0) is 13.4. The van der Waals surface area contributed by atoms with Crippen molar-refractivity contribution in [1.29, 1.82) is 0 Å². The van der Waals surface area contributed by atoms with Crippen LogP contribution < -0.4 is 5.73 Å². The maximum absolute atomic E-state index is 11.7. The molecule has 0 spiro atoms. The third-order valence-electron chi connectivity index (χ3n) is 3.38. The first-order valence-corrected chi connectivity index (χ1v) is 6.74. The number of hydrogen-bond acceptors (Lipinski definition) is 4. The summed E-state index contributed by atoms with van der Waals surface area (Å²) in [6.45, 7) is 2.04. The molecule has 1 aliphatic heterocycles. The summed E-state index contributed by atoms with van der Waals surface area (Å²) >= 11 is 0. The molecule has 1 rings (SSSR count). The minimum absolute atomic E-state index is 0.0763. The zero-order valence-corrected chi connectivity index (χ0v) is 11.2. The molecule has 1 saturated heterocycles.